The van der Waals surface area contributed by atoms with Gasteiger partial charge in [-0.15, -0.1) is 0 Å². The highest BCUT2D eigenvalue weighted by Gasteiger charge is 2.35. The highest BCUT2D eigenvalue weighted by atomic mass is 19.2. The van der Waals surface area contributed by atoms with Gasteiger partial charge in [0.2, 0.25) is 0 Å². The van der Waals surface area contributed by atoms with Crippen LogP contribution in [-0.2, 0) is 17.8 Å². The van der Waals surface area contributed by atoms with E-state index in [9.17, 15) is 23.5 Å². The summed E-state index contributed by atoms with van der Waals surface area (Å²) in [6.07, 6.45) is 0.517. The first-order chi connectivity index (χ1) is 13.5. The normalized spacial score (nSPS) is 15.7. The van der Waals surface area contributed by atoms with Gasteiger partial charge in [0.1, 0.15) is 6.04 Å². The van der Waals surface area contributed by atoms with Crippen LogP contribution in [0.5, 0.6) is 0 Å². The maximum absolute atomic E-state index is 13.8. The number of aromatic nitrogens is 2. The monoisotopic (exact) mass is 406 g/mol. The van der Waals surface area contributed by atoms with Gasteiger partial charge < -0.3 is 15.3 Å². The van der Waals surface area contributed by atoms with Crippen LogP contribution >= 0.6 is 0 Å². The second kappa shape index (κ2) is 7.55. The lowest BCUT2D eigenvalue weighted by atomic mass is 9.87. The molecule has 1 aromatic heterocycles. The van der Waals surface area contributed by atoms with Crippen LogP contribution in [0.2, 0.25) is 0 Å². The molecule has 7 nitrogen and oxygen atoms in total. The maximum atomic E-state index is 13.8. The molecule has 0 aliphatic carbocycles. The number of amides is 1. The maximum Gasteiger partial charge on any atom is 0.343 e. The fourth-order valence-electron chi connectivity index (χ4n) is 3.43. The Hall–Kier alpha value is -2.81. The molecular formula is C20H24F2N4O3. The summed E-state index contributed by atoms with van der Waals surface area (Å²) in [6, 6.07) is 1.69. The zero-order valence-electron chi connectivity index (χ0n) is 16.8. The van der Waals surface area contributed by atoms with Gasteiger partial charge in [0.05, 0.1) is 11.4 Å². The number of nitrogens with zero attached hydrogens (tertiary/aromatic N) is 3. The average molecular weight is 406 g/mol. The van der Waals surface area contributed by atoms with Crippen molar-refractivity contribution in [3.63, 3.8) is 0 Å². The molecule has 9 heteroatoms. The lowest BCUT2D eigenvalue weighted by Gasteiger charge is -2.28. The van der Waals surface area contributed by atoms with Crippen molar-refractivity contribution >= 4 is 12.0 Å². The van der Waals surface area contributed by atoms with Crippen LogP contribution in [-0.4, -0.2) is 51.4 Å². The smallest absolute Gasteiger partial charge is 0.343 e. The third-order valence-corrected chi connectivity index (χ3v) is 5.01. The van der Waals surface area contributed by atoms with Crippen molar-refractivity contribution in [3.8, 4) is 11.3 Å². The number of rotatable bonds is 3. The number of aliphatic carboxylic acids is 1. The summed E-state index contributed by atoms with van der Waals surface area (Å²) >= 11 is 0. The van der Waals surface area contributed by atoms with Gasteiger partial charge in [-0.05, 0) is 30.7 Å². The molecular weight excluding hydrogens is 382 g/mol. The number of hydrogen-bond donors (Lipinski definition) is 2. The Morgan fingerprint density at radius 1 is 1.24 bits per heavy atom. The van der Waals surface area contributed by atoms with E-state index < -0.39 is 35.1 Å². The summed E-state index contributed by atoms with van der Waals surface area (Å²) in [5.74, 6) is -3.11. The minimum atomic E-state index is -1.15. The molecule has 1 amide bonds. The van der Waals surface area contributed by atoms with E-state index in [-0.39, 0.29) is 0 Å². The standard InChI is InChI=1S/C20H24F2N4O3/c1-20(2,3)17(18(27)28)23-19(29)26-15-7-8-25(4)10-12(15)16(24-26)11-5-6-13(21)14(22)9-11/h5-6,9,17H,7-8,10H2,1-4H3,(H,23,29)(H,27,28)/t17-/m1/s1. The first kappa shape index (κ1) is 20.9. The molecule has 0 saturated heterocycles. The molecule has 3 rings (SSSR count). The van der Waals surface area contributed by atoms with E-state index in [1.54, 1.807) is 20.8 Å². The highest BCUT2D eigenvalue weighted by molar-refractivity contribution is 5.85. The molecule has 2 N–H and O–H groups in total. The minimum absolute atomic E-state index is 0.354. The van der Waals surface area contributed by atoms with Crippen LogP contribution in [0, 0.1) is 17.0 Å². The van der Waals surface area contributed by atoms with Crippen molar-refractivity contribution < 1.29 is 23.5 Å². The number of fused-ring (bicyclic) bond motifs is 1. The van der Waals surface area contributed by atoms with Crippen molar-refractivity contribution in [3.05, 3.63) is 41.1 Å². The van der Waals surface area contributed by atoms with Crippen LogP contribution in [0.1, 0.15) is 32.0 Å². The van der Waals surface area contributed by atoms with Gasteiger partial charge in [-0.25, -0.2) is 18.4 Å². The molecule has 2 heterocycles. The number of carbonyl (C=O) groups is 2. The van der Waals surface area contributed by atoms with Gasteiger partial charge in [0.15, 0.2) is 11.6 Å². The van der Waals surface area contributed by atoms with E-state index in [0.717, 1.165) is 22.4 Å². The van der Waals surface area contributed by atoms with Gasteiger partial charge in [-0.1, -0.05) is 20.8 Å². The summed E-state index contributed by atoms with van der Waals surface area (Å²) < 4.78 is 28.3. The first-order valence-electron chi connectivity index (χ1n) is 9.27. The minimum Gasteiger partial charge on any atom is -0.480 e. The number of carbonyl (C=O) groups excluding carboxylic acids is 1. The van der Waals surface area contributed by atoms with Gasteiger partial charge >= 0.3 is 12.0 Å². The summed E-state index contributed by atoms with van der Waals surface area (Å²) in [6.45, 7) is 6.31. The van der Waals surface area contributed by atoms with Gasteiger partial charge in [0, 0.05) is 30.6 Å². The molecule has 0 unspecified atom stereocenters. The molecule has 0 saturated carbocycles. The number of halogens is 2. The Balaban J connectivity index is 2.05. The second-order valence-electron chi connectivity index (χ2n) is 8.39. The van der Waals surface area contributed by atoms with E-state index in [4.69, 9.17) is 0 Å². The average Bonchev–Trinajstić information content (AvgIpc) is 2.99. The number of nitrogens with one attached hydrogen (secondary N) is 1. The number of hydrogen-bond acceptors (Lipinski definition) is 4. The predicted molar refractivity (Wildman–Crippen MR) is 102 cm³/mol. The molecule has 1 atom stereocenters. The Labute approximate surface area is 167 Å². The van der Waals surface area contributed by atoms with Gasteiger partial charge in [-0.2, -0.15) is 9.78 Å². The van der Waals surface area contributed by atoms with Crippen LogP contribution in [0.15, 0.2) is 18.2 Å². The van der Waals surface area contributed by atoms with Crippen LogP contribution in [0.3, 0.4) is 0 Å². The quantitative estimate of drug-likeness (QED) is 0.819. The van der Waals surface area contributed by atoms with Crippen molar-refractivity contribution in [1.82, 2.24) is 20.0 Å². The topological polar surface area (TPSA) is 87.5 Å². The van der Waals surface area contributed by atoms with Crippen molar-refractivity contribution in [2.45, 2.75) is 39.8 Å². The zero-order chi connectivity index (χ0) is 21.5. The third kappa shape index (κ3) is 4.14. The number of benzene rings is 1. The van der Waals surface area contributed by atoms with Crippen LogP contribution in [0.4, 0.5) is 13.6 Å². The van der Waals surface area contributed by atoms with Gasteiger partial charge in [0.25, 0.3) is 0 Å². The van der Waals surface area contributed by atoms with E-state index in [0.29, 0.717) is 36.5 Å². The molecule has 1 aromatic carbocycles. The zero-order valence-corrected chi connectivity index (χ0v) is 16.8. The predicted octanol–water partition coefficient (Wildman–Crippen LogP) is 2.87. The summed E-state index contributed by atoms with van der Waals surface area (Å²) in [7, 11) is 1.91. The van der Waals surface area contributed by atoms with E-state index in [1.807, 2.05) is 11.9 Å². The van der Waals surface area contributed by atoms with Crippen molar-refractivity contribution in [2.75, 3.05) is 13.6 Å². The molecule has 0 fully saturated rings. The lowest BCUT2D eigenvalue weighted by molar-refractivity contribution is -0.141. The Kier molecular flexibility index (Phi) is 5.44. The molecule has 1 aliphatic rings. The number of likely N-dealkylation sites (N-methyl/N-ethyl adjacent to an activating group) is 1. The first-order valence-corrected chi connectivity index (χ1v) is 9.27. The molecule has 29 heavy (non-hydrogen) atoms. The molecule has 0 radical (unpaired) electrons. The number of carboxylic acid groups (broad SMARTS) is 1. The van der Waals surface area contributed by atoms with Crippen molar-refractivity contribution in [1.29, 1.82) is 0 Å². The Morgan fingerprint density at radius 3 is 2.52 bits per heavy atom. The fraction of sp³-hybridized carbons (Fsp3) is 0.450. The third-order valence-electron chi connectivity index (χ3n) is 5.01. The van der Waals surface area contributed by atoms with E-state index >= 15 is 0 Å². The summed E-state index contributed by atoms with van der Waals surface area (Å²) in [5.41, 5.74) is 1.40. The fourth-order valence-corrected chi connectivity index (χ4v) is 3.43. The summed E-state index contributed by atoms with van der Waals surface area (Å²) in [4.78, 5) is 26.5. The highest BCUT2D eigenvalue weighted by Crippen LogP contribution is 2.30. The molecule has 2 aromatic rings. The van der Waals surface area contributed by atoms with Gasteiger partial charge in [-0.3, -0.25) is 0 Å². The van der Waals surface area contributed by atoms with E-state index in [1.165, 1.54) is 6.07 Å². The number of carboxylic acids is 1. The van der Waals surface area contributed by atoms with Crippen LogP contribution < -0.4 is 5.32 Å². The second-order valence-corrected chi connectivity index (χ2v) is 8.39. The van der Waals surface area contributed by atoms with Crippen LogP contribution in [0.25, 0.3) is 11.3 Å². The van der Waals surface area contributed by atoms with Crippen molar-refractivity contribution in [2.24, 2.45) is 5.41 Å². The molecule has 156 valence electrons. The molecule has 1 aliphatic heterocycles. The Bertz CT molecular complexity index is 965. The SMILES string of the molecule is CN1CCc2c(c(-c3ccc(F)c(F)c3)nn2C(=O)N[C@H](C(=O)O)C(C)(C)C)C1. The lowest BCUT2D eigenvalue weighted by Crippen LogP contribution is -2.50. The Morgan fingerprint density at radius 2 is 1.93 bits per heavy atom. The molecule has 0 spiro atoms. The summed E-state index contributed by atoms with van der Waals surface area (Å²) in [5, 5.41) is 16.4. The van der Waals surface area contributed by atoms with E-state index in [2.05, 4.69) is 10.4 Å². The molecule has 0 bridgehead atoms. The largest absolute Gasteiger partial charge is 0.480 e.